The highest BCUT2D eigenvalue weighted by Gasteiger charge is 2.18. The van der Waals surface area contributed by atoms with Gasteiger partial charge in [0.15, 0.2) is 5.16 Å². The Kier molecular flexibility index (Phi) is 5.30. The number of hydrogen-bond acceptors (Lipinski definition) is 3. The van der Waals surface area contributed by atoms with Crippen LogP contribution >= 0.6 is 23.4 Å². The van der Waals surface area contributed by atoms with Crippen LogP contribution in [0.3, 0.4) is 0 Å². The van der Waals surface area contributed by atoms with Crippen LogP contribution in [0.25, 0.3) is 11.0 Å². The number of halogens is 2. The smallest absolute Gasteiger partial charge is 0.233 e. The van der Waals surface area contributed by atoms with Gasteiger partial charge in [-0.15, -0.1) is 0 Å². The molecule has 0 aliphatic carbocycles. The highest BCUT2D eigenvalue weighted by atomic mass is 35.5. The Morgan fingerprint density at radius 3 is 2.76 bits per heavy atom. The molecule has 0 bridgehead atoms. The van der Waals surface area contributed by atoms with Gasteiger partial charge in [0.1, 0.15) is 5.82 Å². The molecule has 2 aromatic carbocycles. The molecule has 130 valence electrons. The van der Waals surface area contributed by atoms with Crippen molar-refractivity contribution >= 4 is 40.3 Å². The summed E-state index contributed by atoms with van der Waals surface area (Å²) in [5, 5.41) is 1.31. The van der Waals surface area contributed by atoms with Crippen LogP contribution in [-0.4, -0.2) is 33.6 Å². The van der Waals surface area contributed by atoms with Crippen molar-refractivity contribution in [3.8, 4) is 0 Å². The van der Waals surface area contributed by atoms with E-state index in [1.54, 1.807) is 36.2 Å². The Labute approximate surface area is 154 Å². The van der Waals surface area contributed by atoms with Crippen LogP contribution in [0.1, 0.15) is 18.5 Å². The van der Waals surface area contributed by atoms with E-state index in [4.69, 9.17) is 11.6 Å². The maximum Gasteiger partial charge on any atom is 0.233 e. The molecule has 1 aromatic heterocycles. The van der Waals surface area contributed by atoms with Crippen LogP contribution in [0.2, 0.25) is 5.02 Å². The van der Waals surface area contributed by atoms with Gasteiger partial charge >= 0.3 is 0 Å². The second-order valence-electron chi connectivity index (χ2n) is 5.72. The Bertz CT molecular complexity index is 897. The van der Waals surface area contributed by atoms with Gasteiger partial charge in [0, 0.05) is 12.1 Å². The predicted molar refractivity (Wildman–Crippen MR) is 99.4 cm³/mol. The molecule has 1 N–H and O–H groups in total. The van der Waals surface area contributed by atoms with Crippen LogP contribution in [0.15, 0.2) is 47.6 Å². The number of thioether (sulfide) groups is 1. The number of benzene rings is 2. The first-order valence-electron chi connectivity index (χ1n) is 7.73. The maximum absolute atomic E-state index is 13.0. The van der Waals surface area contributed by atoms with Gasteiger partial charge in [-0.2, -0.15) is 0 Å². The number of hydrogen-bond donors (Lipinski definition) is 1. The summed E-state index contributed by atoms with van der Waals surface area (Å²) in [5.41, 5.74) is 2.54. The van der Waals surface area contributed by atoms with Gasteiger partial charge in [-0.05, 0) is 42.8 Å². The zero-order valence-corrected chi connectivity index (χ0v) is 15.4. The molecular formula is C18H17ClFN3OS. The van der Waals surface area contributed by atoms with Crippen molar-refractivity contribution in [1.82, 2.24) is 14.9 Å². The van der Waals surface area contributed by atoms with Crippen molar-refractivity contribution in [3.05, 3.63) is 58.9 Å². The monoisotopic (exact) mass is 377 g/mol. The number of imidazole rings is 1. The fraction of sp³-hybridized carbons (Fsp3) is 0.222. The van der Waals surface area contributed by atoms with Crippen molar-refractivity contribution in [2.24, 2.45) is 0 Å². The fourth-order valence-corrected chi connectivity index (χ4v) is 3.42. The Morgan fingerprint density at radius 1 is 1.32 bits per heavy atom. The van der Waals surface area contributed by atoms with E-state index in [1.807, 2.05) is 13.0 Å². The third kappa shape index (κ3) is 4.14. The molecule has 0 aliphatic rings. The molecule has 7 heteroatoms. The van der Waals surface area contributed by atoms with E-state index in [1.165, 1.54) is 23.9 Å². The summed E-state index contributed by atoms with van der Waals surface area (Å²) >= 11 is 7.30. The number of nitrogens with zero attached hydrogens (tertiary/aromatic N) is 2. The third-order valence-corrected chi connectivity index (χ3v) is 5.17. The summed E-state index contributed by atoms with van der Waals surface area (Å²) in [5.74, 6) is -0.0546. The molecule has 1 amide bonds. The molecule has 0 radical (unpaired) electrons. The van der Waals surface area contributed by atoms with Gasteiger partial charge in [0.25, 0.3) is 0 Å². The summed E-state index contributed by atoms with van der Waals surface area (Å²) < 4.78 is 13.0. The third-order valence-electron chi connectivity index (χ3n) is 4.08. The Hall–Kier alpha value is -2.05. The summed E-state index contributed by atoms with van der Waals surface area (Å²) in [6.07, 6.45) is 0. The van der Waals surface area contributed by atoms with Crippen molar-refractivity contribution in [1.29, 1.82) is 0 Å². The van der Waals surface area contributed by atoms with Crippen LogP contribution < -0.4 is 0 Å². The van der Waals surface area contributed by atoms with Crippen molar-refractivity contribution in [2.45, 2.75) is 18.1 Å². The molecule has 0 fully saturated rings. The molecule has 25 heavy (non-hydrogen) atoms. The second-order valence-corrected chi connectivity index (χ2v) is 7.12. The summed E-state index contributed by atoms with van der Waals surface area (Å²) in [4.78, 5) is 21.7. The minimum absolute atomic E-state index is 0.0275. The van der Waals surface area contributed by atoms with Crippen LogP contribution in [0, 0.1) is 5.82 Å². The van der Waals surface area contributed by atoms with E-state index >= 15 is 0 Å². The topological polar surface area (TPSA) is 49.0 Å². The van der Waals surface area contributed by atoms with Gasteiger partial charge in [0.2, 0.25) is 5.91 Å². The molecule has 0 saturated carbocycles. The van der Waals surface area contributed by atoms with Gasteiger partial charge < -0.3 is 9.88 Å². The Balaban J connectivity index is 1.63. The predicted octanol–water partition coefficient (Wildman–Crippen LogP) is 4.67. The van der Waals surface area contributed by atoms with E-state index in [-0.39, 0.29) is 23.5 Å². The summed E-state index contributed by atoms with van der Waals surface area (Å²) in [7, 11) is 1.75. The van der Waals surface area contributed by atoms with E-state index < -0.39 is 0 Å². The first-order valence-corrected chi connectivity index (χ1v) is 9.09. The summed E-state index contributed by atoms with van der Waals surface area (Å²) in [6, 6.07) is 11.5. The number of carbonyl (C=O) groups is 1. The zero-order chi connectivity index (χ0) is 18.0. The lowest BCUT2D eigenvalue weighted by atomic mass is 10.1. The molecular weight excluding hydrogens is 361 g/mol. The van der Waals surface area contributed by atoms with Gasteiger partial charge in [-0.25, -0.2) is 9.37 Å². The highest BCUT2D eigenvalue weighted by Crippen LogP contribution is 2.24. The largest absolute Gasteiger partial charge is 0.338 e. The maximum atomic E-state index is 13.0. The highest BCUT2D eigenvalue weighted by molar-refractivity contribution is 7.99. The first kappa shape index (κ1) is 17.8. The molecule has 3 aromatic rings. The first-order chi connectivity index (χ1) is 11.9. The standard InChI is InChI=1S/C18H17ClFN3OS/c1-11(12-3-6-14(20)7-4-12)23(2)17(24)10-25-18-21-15-8-5-13(19)9-16(15)22-18/h3-9,11H,10H2,1-2H3,(H,21,22). The number of H-pyrrole nitrogens is 1. The minimum atomic E-state index is -0.287. The lowest BCUT2D eigenvalue weighted by Crippen LogP contribution is -2.31. The Morgan fingerprint density at radius 2 is 2.04 bits per heavy atom. The molecule has 3 rings (SSSR count). The number of amides is 1. The van der Waals surface area contributed by atoms with Gasteiger partial charge in [-0.3, -0.25) is 4.79 Å². The van der Waals surface area contributed by atoms with Crippen molar-refractivity contribution in [2.75, 3.05) is 12.8 Å². The molecule has 0 spiro atoms. The number of fused-ring (bicyclic) bond motifs is 1. The SMILES string of the molecule is CC(c1ccc(F)cc1)N(C)C(=O)CSc1nc2ccc(Cl)cc2[nH]1. The average molecular weight is 378 g/mol. The fourth-order valence-electron chi connectivity index (χ4n) is 2.44. The van der Waals surface area contributed by atoms with Crippen molar-refractivity contribution in [3.63, 3.8) is 0 Å². The second kappa shape index (κ2) is 7.45. The lowest BCUT2D eigenvalue weighted by Gasteiger charge is -2.25. The number of aromatic amines is 1. The molecule has 1 unspecified atom stereocenters. The molecule has 4 nitrogen and oxygen atoms in total. The summed E-state index contributed by atoms with van der Waals surface area (Å²) in [6.45, 7) is 1.92. The van der Waals surface area contributed by atoms with E-state index in [9.17, 15) is 9.18 Å². The molecule has 0 aliphatic heterocycles. The van der Waals surface area contributed by atoms with Crippen LogP contribution in [-0.2, 0) is 4.79 Å². The minimum Gasteiger partial charge on any atom is -0.338 e. The zero-order valence-electron chi connectivity index (χ0n) is 13.8. The van der Waals surface area contributed by atoms with E-state index in [0.717, 1.165) is 16.6 Å². The number of nitrogens with one attached hydrogen (secondary N) is 1. The van der Waals surface area contributed by atoms with Crippen LogP contribution in [0.4, 0.5) is 4.39 Å². The van der Waals surface area contributed by atoms with Gasteiger partial charge in [-0.1, -0.05) is 35.5 Å². The number of aromatic nitrogens is 2. The molecule has 1 atom stereocenters. The number of carbonyl (C=O) groups excluding carboxylic acids is 1. The quantitative estimate of drug-likeness (QED) is 0.657. The average Bonchev–Trinajstić information content (AvgIpc) is 3.01. The van der Waals surface area contributed by atoms with Crippen LogP contribution in [0.5, 0.6) is 0 Å². The molecule has 0 saturated heterocycles. The van der Waals surface area contributed by atoms with E-state index in [0.29, 0.717) is 10.2 Å². The lowest BCUT2D eigenvalue weighted by molar-refractivity contribution is -0.128. The normalized spacial score (nSPS) is 12.3. The van der Waals surface area contributed by atoms with E-state index in [2.05, 4.69) is 9.97 Å². The number of rotatable bonds is 5. The van der Waals surface area contributed by atoms with Gasteiger partial charge in [0.05, 0.1) is 22.8 Å². The molecule has 1 heterocycles. The van der Waals surface area contributed by atoms with Crippen molar-refractivity contribution < 1.29 is 9.18 Å².